The van der Waals surface area contributed by atoms with Gasteiger partial charge in [-0.25, -0.2) is 4.99 Å². The third-order valence-electron chi connectivity index (χ3n) is 6.49. The maximum atomic E-state index is 5.87. The molecule has 2 aliphatic heterocycles. The molecule has 2 fully saturated rings. The van der Waals surface area contributed by atoms with Gasteiger partial charge < -0.3 is 20.1 Å². The largest absolute Gasteiger partial charge is 0.381 e. The van der Waals surface area contributed by atoms with Crippen LogP contribution in [0.25, 0.3) is 0 Å². The van der Waals surface area contributed by atoms with E-state index in [0.717, 1.165) is 77.2 Å². The van der Waals surface area contributed by atoms with Crippen LogP contribution in [-0.4, -0.2) is 63.5 Å². The first kappa shape index (κ1) is 25.0. The Balaban J connectivity index is 1.37. The minimum Gasteiger partial charge on any atom is -0.381 e. The predicted molar refractivity (Wildman–Crippen MR) is 132 cm³/mol. The first-order chi connectivity index (χ1) is 15.7. The fourth-order valence-corrected chi connectivity index (χ4v) is 4.36. The third-order valence-corrected chi connectivity index (χ3v) is 6.49. The lowest BCUT2D eigenvalue weighted by atomic mass is 9.98. The third kappa shape index (κ3) is 9.47. The first-order valence-electron chi connectivity index (χ1n) is 12.7. The van der Waals surface area contributed by atoms with Crippen molar-refractivity contribution in [1.82, 2.24) is 15.5 Å². The van der Waals surface area contributed by atoms with Crippen molar-refractivity contribution in [2.75, 3.05) is 52.6 Å². The summed E-state index contributed by atoms with van der Waals surface area (Å²) in [7, 11) is 0. The summed E-state index contributed by atoms with van der Waals surface area (Å²) in [6, 6.07) is 8.91. The molecule has 0 atom stereocenters. The van der Waals surface area contributed by atoms with Gasteiger partial charge in [0.2, 0.25) is 0 Å². The van der Waals surface area contributed by atoms with Gasteiger partial charge in [0.15, 0.2) is 5.96 Å². The molecule has 32 heavy (non-hydrogen) atoms. The molecular formula is C26H44N4O2. The molecule has 2 aliphatic rings. The lowest BCUT2D eigenvalue weighted by molar-refractivity contribution is 0.0203. The zero-order chi connectivity index (χ0) is 22.4. The maximum absolute atomic E-state index is 5.87. The van der Waals surface area contributed by atoms with Gasteiger partial charge in [-0.15, -0.1) is 0 Å². The van der Waals surface area contributed by atoms with E-state index in [4.69, 9.17) is 14.5 Å². The Morgan fingerprint density at radius 1 is 1.12 bits per heavy atom. The Morgan fingerprint density at radius 3 is 2.69 bits per heavy atom. The molecule has 0 amide bonds. The van der Waals surface area contributed by atoms with Gasteiger partial charge in [-0.2, -0.15) is 0 Å². The van der Waals surface area contributed by atoms with Crippen LogP contribution in [0.5, 0.6) is 0 Å². The van der Waals surface area contributed by atoms with Crippen molar-refractivity contribution in [2.24, 2.45) is 16.8 Å². The second-order valence-corrected chi connectivity index (χ2v) is 9.38. The van der Waals surface area contributed by atoms with Crippen molar-refractivity contribution < 1.29 is 9.47 Å². The molecular weight excluding hydrogens is 400 g/mol. The van der Waals surface area contributed by atoms with Gasteiger partial charge in [-0.1, -0.05) is 31.2 Å². The Labute approximate surface area is 195 Å². The highest BCUT2D eigenvalue weighted by molar-refractivity contribution is 5.79. The number of likely N-dealkylation sites (tertiary alicyclic amines) is 1. The highest BCUT2D eigenvalue weighted by Crippen LogP contribution is 2.19. The number of nitrogens with zero attached hydrogens (tertiary/aromatic N) is 2. The average molecular weight is 445 g/mol. The highest BCUT2D eigenvalue weighted by Gasteiger charge is 2.16. The van der Waals surface area contributed by atoms with Crippen molar-refractivity contribution in [1.29, 1.82) is 0 Å². The molecule has 180 valence electrons. The molecule has 2 heterocycles. The van der Waals surface area contributed by atoms with Gasteiger partial charge in [-0.05, 0) is 75.1 Å². The number of guanidine groups is 1. The molecule has 6 heteroatoms. The highest BCUT2D eigenvalue weighted by atomic mass is 16.5. The van der Waals surface area contributed by atoms with E-state index in [1.807, 2.05) is 0 Å². The van der Waals surface area contributed by atoms with Crippen molar-refractivity contribution in [3.8, 4) is 0 Å². The van der Waals surface area contributed by atoms with Crippen LogP contribution in [0.2, 0.25) is 0 Å². The van der Waals surface area contributed by atoms with Crippen molar-refractivity contribution in [2.45, 2.75) is 59.0 Å². The van der Waals surface area contributed by atoms with Crippen LogP contribution in [0.15, 0.2) is 29.3 Å². The van der Waals surface area contributed by atoms with E-state index in [1.165, 1.54) is 37.1 Å². The van der Waals surface area contributed by atoms with Crippen LogP contribution in [0.3, 0.4) is 0 Å². The molecule has 0 bridgehead atoms. The summed E-state index contributed by atoms with van der Waals surface area (Å²) in [5.41, 5.74) is 2.66. The quantitative estimate of drug-likeness (QED) is 0.309. The fourth-order valence-electron chi connectivity index (χ4n) is 4.36. The van der Waals surface area contributed by atoms with Gasteiger partial charge >= 0.3 is 0 Å². The normalized spacial score (nSPS) is 19.2. The second-order valence-electron chi connectivity index (χ2n) is 9.38. The lowest BCUT2D eigenvalue weighted by Crippen LogP contribution is -2.38. The molecule has 6 nitrogen and oxygen atoms in total. The van der Waals surface area contributed by atoms with E-state index in [-0.39, 0.29) is 0 Å². The second kappa shape index (κ2) is 14.5. The number of nitrogens with one attached hydrogen (secondary N) is 2. The Morgan fingerprint density at radius 2 is 1.91 bits per heavy atom. The molecule has 1 aromatic carbocycles. The van der Waals surface area contributed by atoms with Crippen molar-refractivity contribution in [3.05, 3.63) is 35.4 Å². The summed E-state index contributed by atoms with van der Waals surface area (Å²) in [4.78, 5) is 7.38. The number of aliphatic imine (C=N–C) groups is 1. The van der Waals surface area contributed by atoms with Gasteiger partial charge in [0, 0.05) is 46.1 Å². The van der Waals surface area contributed by atoms with Crippen LogP contribution >= 0.6 is 0 Å². The van der Waals surface area contributed by atoms with E-state index >= 15 is 0 Å². The number of ether oxygens (including phenoxy) is 2. The standard InChI is InChI=1S/C26H44N4O2/c1-3-27-26(28-12-5-15-32-21-23-10-16-31-17-11-23)29-19-24-6-4-7-25(18-24)20-30-13-8-22(2)9-14-30/h4,6-7,18,22-23H,3,5,8-17,19-21H2,1-2H3,(H2,27,28,29). The van der Waals surface area contributed by atoms with E-state index in [2.05, 4.69) is 53.6 Å². The molecule has 2 saturated heterocycles. The van der Waals surface area contributed by atoms with Crippen molar-refractivity contribution >= 4 is 5.96 Å². The minimum absolute atomic E-state index is 0.671. The molecule has 3 rings (SSSR count). The van der Waals surface area contributed by atoms with Gasteiger partial charge in [-0.3, -0.25) is 4.90 Å². The lowest BCUT2D eigenvalue weighted by Gasteiger charge is -2.30. The smallest absolute Gasteiger partial charge is 0.191 e. The first-order valence-corrected chi connectivity index (χ1v) is 12.7. The van der Waals surface area contributed by atoms with Crippen LogP contribution in [-0.2, 0) is 22.6 Å². The fraction of sp³-hybridized carbons (Fsp3) is 0.731. The van der Waals surface area contributed by atoms with Crippen molar-refractivity contribution in [3.63, 3.8) is 0 Å². The molecule has 0 saturated carbocycles. The summed E-state index contributed by atoms with van der Waals surface area (Å²) in [6.07, 6.45) is 5.89. The Kier molecular flexibility index (Phi) is 11.3. The predicted octanol–water partition coefficient (Wildman–Crippen LogP) is 3.81. The zero-order valence-electron chi connectivity index (χ0n) is 20.3. The molecule has 0 radical (unpaired) electrons. The molecule has 2 N–H and O–H groups in total. The van der Waals surface area contributed by atoms with Crippen LogP contribution in [0, 0.1) is 11.8 Å². The van der Waals surface area contributed by atoms with Gasteiger partial charge in [0.25, 0.3) is 0 Å². The number of hydrogen-bond donors (Lipinski definition) is 2. The SMILES string of the molecule is CCNC(=NCc1cccc(CN2CCC(C)CC2)c1)NCCCOCC1CCOCC1. The number of hydrogen-bond acceptors (Lipinski definition) is 4. The number of rotatable bonds is 11. The Hall–Kier alpha value is -1.63. The van der Waals surface area contributed by atoms with Gasteiger partial charge in [0.05, 0.1) is 6.54 Å². The van der Waals surface area contributed by atoms with Crippen LogP contribution in [0.4, 0.5) is 0 Å². The Bertz CT molecular complexity index is 668. The topological polar surface area (TPSA) is 58.1 Å². The van der Waals surface area contributed by atoms with E-state index < -0.39 is 0 Å². The molecule has 0 aromatic heterocycles. The van der Waals surface area contributed by atoms with E-state index in [1.54, 1.807) is 0 Å². The maximum Gasteiger partial charge on any atom is 0.191 e. The van der Waals surface area contributed by atoms with Crippen LogP contribution < -0.4 is 10.6 Å². The molecule has 0 spiro atoms. The molecule has 0 aliphatic carbocycles. The molecule has 0 unspecified atom stereocenters. The minimum atomic E-state index is 0.671. The summed E-state index contributed by atoms with van der Waals surface area (Å²) in [5, 5.41) is 6.80. The van der Waals surface area contributed by atoms with Gasteiger partial charge in [0.1, 0.15) is 0 Å². The summed E-state index contributed by atoms with van der Waals surface area (Å²) in [6.45, 7) is 13.8. The summed E-state index contributed by atoms with van der Waals surface area (Å²) >= 11 is 0. The monoisotopic (exact) mass is 444 g/mol. The number of benzene rings is 1. The summed E-state index contributed by atoms with van der Waals surface area (Å²) in [5.74, 6) is 2.43. The average Bonchev–Trinajstić information content (AvgIpc) is 2.82. The van der Waals surface area contributed by atoms with E-state index in [0.29, 0.717) is 12.5 Å². The summed E-state index contributed by atoms with van der Waals surface area (Å²) < 4.78 is 11.3. The van der Waals surface area contributed by atoms with E-state index in [9.17, 15) is 0 Å². The zero-order valence-corrected chi connectivity index (χ0v) is 20.3. The van der Waals surface area contributed by atoms with Crippen LogP contribution in [0.1, 0.15) is 57.1 Å². The molecule has 1 aromatic rings. The number of piperidine rings is 1.